The molecule has 8 heteroatoms. The lowest BCUT2D eigenvalue weighted by molar-refractivity contribution is 0.109. The molecule has 3 N–H and O–H groups in total. The van der Waals surface area contributed by atoms with E-state index in [0.717, 1.165) is 5.39 Å². The van der Waals surface area contributed by atoms with E-state index in [4.69, 9.17) is 19.9 Å². The maximum absolute atomic E-state index is 12.1. The molecule has 3 rings (SSSR count). The van der Waals surface area contributed by atoms with Crippen LogP contribution < -0.4 is 20.5 Å². The Morgan fingerprint density at radius 3 is 2.81 bits per heavy atom. The Kier molecular flexibility index (Phi) is 5.77. The first-order chi connectivity index (χ1) is 13.1. The molecule has 142 valence electrons. The number of amides is 1. The molecular formula is C19H22N4O4. The van der Waals surface area contributed by atoms with Crippen molar-refractivity contribution in [3.63, 3.8) is 0 Å². The van der Waals surface area contributed by atoms with Crippen molar-refractivity contribution in [1.29, 1.82) is 0 Å². The van der Waals surface area contributed by atoms with Crippen LogP contribution in [0.2, 0.25) is 0 Å². The van der Waals surface area contributed by atoms with Gasteiger partial charge in [0.1, 0.15) is 18.2 Å². The van der Waals surface area contributed by atoms with E-state index in [1.54, 1.807) is 37.6 Å². The first kappa shape index (κ1) is 18.5. The normalized spacial score (nSPS) is 10.7. The van der Waals surface area contributed by atoms with Crippen molar-refractivity contribution < 1.29 is 19.0 Å². The minimum Gasteiger partial charge on any atom is -0.487 e. The van der Waals surface area contributed by atoms with Crippen molar-refractivity contribution in [2.45, 2.75) is 6.92 Å². The number of hydrogen-bond donors (Lipinski definition) is 2. The topological polar surface area (TPSA) is 101 Å². The highest BCUT2D eigenvalue weighted by Crippen LogP contribution is 2.36. The van der Waals surface area contributed by atoms with E-state index in [1.807, 2.05) is 19.1 Å². The summed E-state index contributed by atoms with van der Waals surface area (Å²) in [6, 6.07) is 8.53. The standard InChI is InChI=1S/C19H22N4O4/c1-3-25-8-9-26-16-12-15-13(5-7-23(15)19(24)21-2)10-17(16)27-14-4-6-22-18(20)11-14/h4-7,10-12H,3,8-9H2,1-2H3,(H2,20,22)(H,21,24). The highest BCUT2D eigenvalue weighted by molar-refractivity contribution is 5.93. The van der Waals surface area contributed by atoms with E-state index >= 15 is 0 Å². The molecule has 3 aromatic rings. The summed E-state index contributed by atoms with van der Waals surface area (Å²) in [4.78, 5) is 16.0. The average molecular weight is 370 g/mol. The van der Waals surface area contributed by atoms with Crippen LogP contribution in [0.3, 0.4) is 0 Å². The van der Waals surface area contributed by atoms with E-state index in [2.05, 4.69) is 10.3 Å². The Morgan fingerprint density at radius 1 is 1.22 bits per heavy atom. The highest BCUT2D eigenvalue weighted by atomic mass is 16.5. The third-order valence-electron chi connectivity index (χ3n) is 3.86. The number of carbonyl (C=O) groups is 1. The molecule has 2 heterocycles. The monoisotopic (exact) mass is 370 g/mol. The Bertz CT molecular complexity index is 939. The minimum absolute atomic E-state index is 0.235. The molecule has 0 aliphatic heterocycles. The van der Waals surface area contributed by atoms with Crippen LogP contribution in [0.25, 0.3) is 10.9 Å². The predicted molar refractivity (Wildman–Crippen MR) is 103 cm³/mol. The maximum Gasteiger partial charge on any atom is 0.325 e. The average Bonchev–Trinajstić information content (AvgIpc) is 3.07. The lowest BCUT2D eigenvalue weighted by Crippen LogP contribution is -2.23. The Morgan fingerprint density at radius 2 is 2.07 bits per heavy atom. The van der Waals surface area contributed by atoms with Gasteiger partial charge >= 0.3 is 6.03 Å². The third kappa shape index (κ3) is 4.29. The number of fused-ring (bicyclic) bond motifs is 1. The number of nitrogen functional groups attached to an aromatic ring is 1. The van der Waals surface area contributed by atoms with Gasteiger partial charge in [0.15, 0.2) is 11.5 Å². The second-order valence-corrected chi connectivity index (χ2v) is 5.66. The molecule has 1 amide bonds. The van der Waals surface area contributed by atoms with Gasteiger partial charge in [-0.1, -0.05) is 0 Å². The zero-order valence-electron chi connectivity index (χ0n) is 15.3. The van der Waals surface area contributed by atoms with Crippen LogP contribution in [-0.4, -0.2) is 42.5 Å². The Hall–Kier alpha value is -3.26. The number of aromatic nitrogens is 2. The Balaban J connectivity index is 1.97. The molecule has 2 aromatic heterocycles. The molecule has 0 atom stereocenters. The van der Waals surface area contributed by atoms with Gasteiger partial charge in [-0.15, -0.1) is 0 Å². The summed E-state index contributed by atoms with van der Waals surface area (Å²) in [5, 5.41) is 3.45. The van der Waals surface area contributed by atoms with Crippen molar-refractivity contribution in [3.8, 4) is 17.2 Å². The lowest BCUT2D eigenvalue weighted by atomic mass is 10.2. The molecule has 0 saturated heterocycles. The number of benzene rings is 1. The first-order valence-corrected chi connectivity index (χ1v) is 8.59. The number of pyridine rings is 1. The maximum atomic E-state index is 12.1. The zero-order valence-corrected chi connectivity index (χ0v) is 15.3. The van der Waals surface area contributed by atoms with Gasteiger partial charge < -0.3 is 25.3 Å². The van der Waals surface area contributed by atoms with Crippen molar-refractivity contribution in [1.82, 2.24) is 14.9 Å². The number of rotatable bonds is 7. The largest absolute Gasteiger partial charge is 0.487 e. The molecule has 27 heavy (non-hydrogen) atoms. The zero-order chi connectivity index (χ0) is 19.2. The molecule has 0 radical (unpaired) electrons. The lowest BCUT2D eigenvalue weighted by Gasteiger charge is -2.14. The quantitative estimate of drug-likeness (QED) is 0.620. The molecule has 0 aliphatic carbocycles. The van der Waals surface area contributed by atoms with E-state index in [9.17, 15) is 4.79 Å². The van der Waals surface area contributed by atoms with Crippen molar-refractivity contribution in [3.05, 3.63) is 42.7 Å². The molecule has 0 fully saturated rings. The van der Waals surface area contributed by atoms with Crippen LogP contribution in [0.4, 0.5) is 10.6 Å². The van der Waals surface area contributed by atoms with Crippen molar-refractivity contribution >= 4 is 22.8 Å². The second-order valence-electron chi connectivity index (χ2n) is 5.66. The highest BCUT2D eigenvalue weighted by Gasteiger charge is 2.14. The van der Waals surface area contributed by atoms with Crippen LogP contribution in [0.1, 0.15) is 6.92 Å². The van der Waals surface area contributed by atoms with E-state index in [1.165, 1.54) is 4.57 Å². The summed E-state index contributed by atoms with van der Waals surface area (Å²) >= 11 is 0. The predicted octanol–water partition coefficient (Wildman–Crippen LogP) is 3.01. The Labute approximate surface area is 156 Å². The SMILES string of the molecule is CCOCCOc1cc2c(ccn2C(=O)NC)cc1Oc1ccnc(N)c1. The van der Waals surface area contributed by atoms with Crippen molar-refractivity contribution in [2.24, 2.45) is 0 Å². The summed E-state index contributed by atoms with van der Waals surface area (Å²) in [6.45, 7) is 3.34. The first-order valence-electron chi connectivity index (χ1n) is 8.59. The number of ether oxygens (including phenoxy) is 3. The smallest absolute Gasteiger partial charge is 0.325 e. The molecule has 0 bridgehead atoms. The fourth-order valence-corrected chi connectivity index (χ4v) is 2.61. The molecule has 0 aliphatic rings. The fourth-order valence-electron chi connectivity index (χ4n) is 2.61. The minimum atomic E-state index is -0.235. The molecule has 8 nitrogen and oxygen atoms in total. The second kappa shape index (κ2) is 8.41. The van der Waals surface area contributed by atoms with Gasteiger partial charge in [0.25, 0.3) is 0 Å². The number of anilines is 1. The molecular weight excluding hydrogens is 348 g/mol. The van der Waals surface area contributed by atoms with Crippen LogP contribution in [-0.2, 0) is 4.74 Å². The third-order valence-corrected chi connectivity index (χ3v) is 3.86. The van der Waals surface area contributed by atoms with Crippen LogP contribution in [0.5, 0.6) is 17.2 Å². The molecule has 0 saturated carbocycles. The summed E-state index contributed by atoms with van der Waals surface area (Å²) in [5.41, 5.74) is 6.43. The van der Waals surface area contributed by atoms with Gasteiger partial charge in [0, 0.05) is 43.6 Å². The number of nitrogens with zero attached hydrogens (tertiary/aromatic N) is 2. The number of hydrogen-bond acceptors (Lipinski definition) is 6. The molecule has 0 unspecified atom stereocenters. The summed E-state index contributed by atoms with van der Waals surface area (Å²) in [7, 11) is 1.58. The number of nitrogens with two attached hydrogens (primary N) is 1. The molecule has 1 aromatic carbocycles. The van der Waals surface area contributed by atoms with E-state index in [-0.39, 0.29) is 6.03 Å². The summed E-state index contributed by atoms with van der Waals surface area (Å²) in [5.74, 6) is 1.92. The van der Waals surface area contributed by atoms with Gasteiger partial charge in [-0.3, -0.25) is 4.57 Å². The van der Waals surface area contributed by atoms with Gasteiger partial charge in [-0.25, -0.2) is 9.78 Å². The van der Waals surface area contributed by atoms with Gasteiger partial charge in [0.05, 0.1) is 12.1 Å². The number of nitrogens with one attached hydrogen (secondary N) is 1. The fraction of sp³-hybridized carbons (Fsp3) is 0.263. The van der Waals surface area contributed by atoms with Gasteiger partial charge in [-0.2, -0.15) is 0 Å². The summed E-state index contributed by atoms with van der Waals surface area (Å²) in [6.07, 6.45) is 3.27. The van der Waals surface area contributed by atoms with E-state index in [0.29, 0.717) is 48.4 Å². The van der Waals surface area contributed by atoms with Crippen LogP contribution in [0.15, 0.2) is 42.7 Å². The van der Waals surface area contributed by atoms with E-state index < -0.39 is 0 Å². The summed E-state index contributed by atoms with van der Waals surface area (Å²) < 4.78 is 18.6. The van der Waals surface area contributed by atoms with Crippen LogP contribution in [0, 0.1) is 0 Å². The van der Waals surface area contributed by atoms with Gasteiger partial charge in [0.2, 0.25) is 0 Å². The molecule has 0 spiro atoms. The number of carbonyl (C=O) groups excluding carboxylic acids is 1. The van der Waals surface area contributed by atoms with Gasteiger partial charge in [-0.05, 0) is 25.1 Å². The van der Waals surface area contributed by atoms with Crippen molar-refractivity contribution in [2.75, 3.05) is 32.6 Å². The van der Waals surface area contributed by atoms with Crippen LogP contribution >= 0.6 is 0 Å².